The lowest BCUT2D eigenvalue weighted by molar-refractivity contribution is 0.0902. The molecule has 2 aromatic rings. The maximum Gasteiger partial charge on any atom is 0.270 e. The third kappa shape index (κ3) is 2.40. The molecule has 106 valence electrons. The van der Waals surface area contributed by atoms with Crippen LogP contribution in [0.15, 0.2) is 18.3 Å². The second-order valence-electron chi connectivity index (χ2n) is 5.73. The Hall–Kier alpha value is -1.91. The predicted octanol–water partition coefficient (Wildman–Crippen LogP) is 2.35. The lowest BCUT2D eigenvalue weighted by Crippen LogP contribution is -2.41. The van der Waals surface area contributed by atoms with Gasteiger partial charge in [-0.1, -0.05) is 19.8 Å². The van der Waals surface area contributed by atoms with E-state index >= 15 is 0 Å². The number of amides is 1. The SMILES string of the molecule is Cc1cc2nccc(C(=O)NC3CCCCC3C)n2n1. The van der Waals surface area contributed by atoms with Crippen molar-refractivity contribution in [3.05, 3.63) is 29.7 Å². The Kier molecular flexibility index (Phi) is 3.42. The largest absolute Gasteiger partial charge is 0.348 e. The van der Waals surface area contributed by atoms with Crippen molar-refractivity contribution in [2.75, 3.05) is 0 Å². The minimum absolute atomic E-state index is 0.0562. The number of aryl methyl sites for hydroxylation is 1. The number of nitrogens with zero attached hydrogens (tertiary/aromatic N) is 3. The van der Waals surface area contributed by atoms with Gasteiger partial charge in [-0.15, -0.1) is 0 Å². The number of rotatable bonds is 2. The first-order chi connectivity index (χ1) is 9.65. The van der Waals surface area contributed by atoms with Crippen LogP contribution in [-0.2, 0) is 0 Å². The summed E-state index contributed by atoms with van der Waals surface area (Å²) in [4.78, 5) is 16.7. The quantitative estimate of drug-likeness (QED) is 0.913. The average molecular weight is 272 g/mol. The summed E-state index contributed by atoms with van der Waals surface area (Å²) in [7, 11) is 0. The van der Waals surface area contributed by atoms with Crippen molar-refractivity contribution in [3.8, 4) is 0 Å². The van der Waals surface area contributed by atoms with Crippen LogP contribution in [0.1, 0.15) is 48.8 Å². The fourth-order valence-electron chi connectivity index (χ4n) is 2.95. The predicted molar refractivity (Wildman–Crippen MR) is 76.6 cm³/mol. The molecule has 0 spiro atoms. The molecule has 1 amide bonds. The van der Waals surface area contributed by atoms with E-state index in [0.717, 1.165) is 12.1 Å². The molecule has 0 aliphatic heterocycles. The fraction of sp³-hybridized carbons (Fsp3) is 0.533. The number of fused-ring (bicyclic) bond motifs is 1. The van der Waals surface area contributed by atoms with Crippen molar-refractivity contribution < 1.29 is 4.79 Å². The smallest absolute Gasteiger partial charge is 0.270 e. The summed E-state index contributed by atoms with van der Waals surface area (Å²) in [6, 6.07) is 3.87. The van der Waals surface area contributed by atoms with Crippen LogP contribution in [0.4, 0.5) is 0 Å². The Labute approximate surface area is 118 Å². The molecule has 0 saturated heterocycles. The monoisotopic (exact) mass is 272 g/mol. The van der Waals surface area contributed by atoms with Gasteiger partial charge in [-0.05, 0) is 31.7 Å². The van der Waals surface area contributed by atoms with Crippen LogP contribution in [0.25, 0.3) is 5.65 Å². The summed E-state index contributed by atoms with van der Waals surface area (Å²) in [5.74, 6) is 0.489. The number of hydrogen-bond donors (Lipinski definition) is 1. The van der Waals surface area contributed by atoms with Gasteiger partial charge < -0.3 is 5.32 Å². The maximum absolute atomic E-state index is 12.5. The zero-order chi connectivity index (χ0) is 14.1. The van der Waals surface area contributed by atoms with Gasteiger partial charge in [0.05, 0.1) is 5.69 Å². The van der Waals surface area contributed by atoms with Gasteiger partial charge in [0.25, 0.3) is 5.91 Å². The topological polar surface area (TPSA) is 59.3 Å². The van der Waals surface area contributed by atoms with Crippen LogP contribution in [0.2, 0.25) is 0 Å². The van der Waals surface area contributed by atoms with Gasteiger partial charge >= 0.3 is 0 Å². The van der Waals surface area contributed by atoms with Gasteiger partial charge in [0, 0.05) is 18.3 Å². The molecule has 1 saturated carbocycles. The normalized spacial score (nSPS) is 22.9. The van der Waals surface area contributed by atoms with Gasteiger partial charge in [0.2, 0.25) is 0 Å². The van der Waals surface area contributed by atoms with Crippen molar-refractivity contribution in [1.29, 1.82) is 0 Å². The zero-order valence-electron chi connectivity index (χ0n) is 12.0. The minimum atomic E-state index is -0.0562. The third-order valence-corrected chi connectivity index (χ3v) is 4.14. The van der Waals surface area contributed by atoms with Crippen molar-refractivity contribution in [2.45, 2.75) is 45.6 Å². The highest BCUT2D eigenvalue weighted by Gasteiger charge is 2.24. The molecule has 1 aliphatic rings. The summed E-state index contributed by atoms with van der Waals surface area (Å²) in [6.07, 6.45) is 6.39. The maximum atomic E-state index is 12.5. The third-order valence-electron chi connectivity index (χ3n) is 4.14. The van der Waals surface area contributed by atoms with Crippen LogP contribution in [0.5, 0.6) is 0 Å². The second kappa shape index (κ2) is 5.23. The van der Waals surface area contributed by atoms with E-state index < -0.39 is 0 Å². The summed E-state index contributed by atoms with van der Waals surface area (Å²) in [5, 5.41) is 7.50. The second-order valence-corrected chi connectivity index (χ2v) is 5.73. The molecule has 2 unspecified atom stereocenters. The van der Waals surface area contributed by atoms with Crippen LogP contribution in [0.3, 0.4) is 0 Å². The van der Waals surface area contributed by atoms with Crippen molar-refractivity contribution in [2.24, 2.45) is 5.92 Å². The molecule has 1 fully saturated rings. The first-order valence-electron chi connectivity index (χ1n) is 7.27. The molecule has 1 aliphatic carbocycles. The highest BCUT2D eigenvalue weighted by atomic mass is 16.2. The van der Waals surface area contributed by atoms with E-state index in [0.29, 0.717) is 17.3 Å². The Morgan fingerprint density at radius 3 is 3.00 bits per heavy atom. The minimum Gasteiger partial charge on any atom is -0.348 e. The van der Waals surface area contributed by atoms with Gasteiger partial charge in [0.15, 0.2) is 5.65 Å². The number of carbonyl (C=O) groups excluding carboxylic acids is 1. The Morgan fingerprint density at radius 2 is 2.20 bits per heavy atom. The summed E-state index contributed by atoms with van der Waals surface area (Å²) in [5.41, 5.74) is 2.14. The fourth-order valence-corrected chi connectivity index (χ4v) is 2.95. The lowest BCUT2D eigenvalue weighted by atomic mass is 9.86. The molecule has 5 nitrogen and oxygen atoms in total. The van der Waals surface area contributed by atoms with Gasteiger partial charge in [0.1, 0.15) is 5.69 Å². The van der Waals surface area contributed by atoms with E-state index in [2.05, 4.69) is 22.3 Å². The Balaban J connectivity index is 1.85. The molecular weight excluding hydrogens is 252 g/mol. The molecule has 0 radical (unpaired) electrons. The van der Waals surface area contributed by atoms with E-state index in [-0.39, 0.29) is 11.9 Å². The first kappa shape index (κ1) is 13.1. The molecule has 3 rings (SSSR count). The summed E-state index contributed by atoms with van der Waals surface area (Å²) >= 11 is 0. The highest BCUT2D eigenvalue weighted by molar-refractivity contribution is 5.93. The standard InChI is InChI=1S/C15H20N4O/c1-10-5-3-4-6-12(10)17-15(20)13-7-8-16-14-9-11(2)18-19(13)14/h7-10,12H,3-6H2,1-2H3,(H,17,20). The van der Waals surface area contributed by atoms with Gasteiger partial charge in [-0.25, -0.2) is 9.50 Å². The first-order valence-corrected chi connectivity index (χ1v) is 7.27. The van der Waals surface area contributed by atoms with Crippen LogP contribution in [0, 0.1) is 12.8 Å². The van der Waals surface area contributed by atoms with E-state index in [1.54, 1.807) is 16.8 Å². The molecule has 20 heavy (non-hydrogen) atoms. The van der Waals surface area contributed by atoms with Crippen LogP contribution in [-0.4, -0.2) is 26.5 Å². The molecule has 2 heterocycles. The Morgan fingerprint density at radius 1 is 1.40 bits per heavy atom. The highest BCUT2D eigenvalue weighted by Crippen LogP contribution is 2.24. The molecular formula is C15H20N4O. The van der Waals surface area contributed by atoms with Crippen LogP contribution < -0.4 is 5.32 Å². The molecule has 5 heteroatoms. The van der Waals surface area contributed by atoms with E-state index in [4.69, 9.17) is 0 Å². The van der Waals surface area contributed by atoms with Gasteiger partial charge in [-0.2, -0.15) is 5.10 Å². The summed E-state index contributed by atoms with van der Waals surface area (Å²) < 4.78 is 1.62. The zero-order valence-corrected chi connectivity index (χ0v) is 12.0. The summed E-state index contributed by atoms with van der Waals surface area (Å²) in [6.45, 7) is 4.11. The lowest BCUT2D eigenvalue weighted by Gasteiger charge is -2.29. The van der Waals surface area contributed by atoms with E-state index in [9.17, 15) is 4.79 Å². The number of nitrogens with one attached hydrogen (secondary N) is 1. The van der Waals surface area contributed by atoms with Crippen molar-refractivity contribution in [3.63, 3.8) is 0 Å². The van der Waals surface area contributed by atoms with Crippen molar-refractivity contribution in [1.82, 2.24) is 19.9 Å². The molecule has 0 aromatic carbocycles. The number of aromatic nitrogens is 3. The molecule has 2 aromatic heterocycles. The van der Waals surface area contributed by atoms with Crippen LogP contribution >= 0.6 is 0 Å². The number of carbonyl (C=O) groups is 1. The van der Waals surface area contributed by atoms with E-state index in [1.165, 1.54) is 19.3 Å². The van der Waals surface area contributed by atoms with E-state index in [1.807, 2.05) is 13.0 Å². The molecule has 1 N–H and O–H groups in total. The molecule has 0 bridgehead atoms. The van der Waals surface area contributed by atoms with Crippen molar-refractivity contribution >= 4 is 11.6 Å². The number of hydrogen-bond acceptors (Lipinski definition) is 3. The Bertz CT molecular complexity index is 634. The molecule has 2 atom stereocenters. The van der Waals surface area contributed by atoms with Gasteiger partial charge in [-0.3, -0.25) is 4.79 Å². The average Bonchev–Trinajstić information content (AvgIpc) is 2.81.